The van der Waals surface area contributed by atoms with E-state index in [9.17, 15) is 0 Å². The molecule has 0 aliphatic carbocycles. The zero-order chi connectivity index (χ0) is 12.8. The third-order valence-corrected chi connectivity index (χ3v) is 2.91. The van der Waals surface area contributed by atoms with E-state index in [1.807, 2.05) is 30.3 Å². The van der Waals surface area contributed by atoms with Gasteiger partial charge in [-0.2, -0.15) is 0 Å². The number of unbranched alkanes of at least 4 members (excludes halogenated alkanes) is 1. The zero-order valence-electron chi connectivity index (χ0n) is 10.7. The second-order valence-electron chi connectivity index (χ2n) is 4.25. The first kappa shape index (κ1) is 12.4. The van der Waals surface area contributed by atoms with E-state index in [4.69, 9.17) is 5.73 Å². The normalized spacial score (nSPS) is 10.3. The number of hydrogen-bond acceptors (Lipinski definition) is 3. The quantitative estimate of drug-likeness (QED) is 0.869. The van der Waals surface area contributed by atoms with Crippen LogP contribution in [0.2, 0.25) is 0 Å². The van der Waals surface area contributed by atoms with E-state index in [2.05, 4.69) is 28.9 Å². The molecule has 1 aromatic carbocycles. The molecule has 94 valence electrons. The van der Waals surface area contributed by atoms with Gasteiger partial charge in [0.2, 0.25) is 0 Å². The summed E-state index contributed by atoms with van der Waals surface area (Å²) >= 11 is 0. The Balaban J connectivity index is 2.34. The van der Waals surface area contributed by atoms with Crippen LogP contribution in [0.25, 0.3) is 0 Å². The van der Waals surface area contributed by atoms with Crippen LogP contribution in [0.15, 0.2) is 48.7 Å². The molecule has 0 aliphatic heterocycles. The van der Waals surface area contributed by atoms with Crippen LogP contribution in [0, 0.1) is 0 Å². The van der Waals surface area contributed by atoms with Crippen molar-refractivity contribution in [1.29, 1.82) is 0 Å². The Morgan fingerprint density at radius 2 is 1.89 bits per heavy atom. The van der Waals surface area contributed by atoms with Crippen LogP contribution in [0.1, 0.15) is 19.8 Å². The molecule has 0 amide bonds. The maximum atomic E-state index is 5.98. The molecule has 1 heterocycles. The third kappa shape index (κ3) is 2.80. The number of nitrogens with zero attached hydrogens (tertiary/aromatic N) is 2. The Kier molecular flexibility index (Phi) is 4.18. The lowest BCUT2D eigenvalue weighted by atomic mass is 10.2. The lowest BCUT2D eigenvalue weighted by molar-refractivity contribution is 0.785. The van der Waals surface area contributed by atoms with Gasteiger partial charge in [0.25, 0.3) is 0 Å². The number of rotatable bonds is 5. The Hall–Kier alpha value is -2.03. The Morgan fingerprint density at radius 3 is 2.56 bits per heavy atom. The predicted octanol–water partition coefficient (Wildman–Crippen LogP) is 3.60. The first-order chi connectivity index (χ1) is 8.83. The van der Waals surface area contributed by atoms with Gasteiger partial charge >= 0.3 is 0 Å². The fourth-order valence-electron chi connectivity index (χ4n) is 1.95. The number of nitrogens with two attached hydrogens (primary N) is 1. The lowest BCUT2D eigenvalue weighted by Gasteiger charge is -2.25. The highest BCUT2D eigenvalue weighted by Crippen LogP contribution is 2.28. The van der Waals surface area contributed by atoms with Gasteiger partial charge in [-0.1, -0.05) is 31.5 Å². The number of anilines is 3. The van der Waals surface area contributed by atoms with Gasteiger partial charge in [0.1, 0.15) is 5.82 Å². The highest BCUT2D eigenvalue weighted by atomic mass is 15.2. The minimum atomic E-state index is 0.581. The van der Waals surface area contributed by atoms with Crippen LogP contribution in [-0.4, -0.2) is 11.5 Å². The van der Waals surface area contributed by atoms with Crippen LogP contribution in [0.3, 0.4) is 0 Å². The van der Waals surface area contributed by atoms with Gasteiger partial charge in [-0.3, -0.25) is 0 Å². The van der Waals surface area contributed by atoms with Crippen LogP contribution < -0.4 is 10.6 Å². The minimum absolute atomic E-state index is 0.581. The molecule has 0 radical (unpaired) electrons. The fourth-order valence-corrected chi connectivity index (χ4v) is 1.95. The number of para-hydroxylation sites is 1. The van der Waals surface area contributed by atoms with E-state index in [0.29, 0.717) is 5.82 Å². The molecule has 2 N–H and O–H groups in total. The van der Waals surface area contributed by atoms with Crippen LogP contribution in [0.5, 0.6) is 0 Å². The molecule has 2 aromatic rings. The maximum absolute atomic E-state index is 5.98. The molecule has 0 aliphatic rings. The molecule has 0 saturated heterocycles. The van der Waals surface area contributed by atoms with Crippen LogP contribution >= 0.6 is 0 Å². The van der Waals surface area contributed by atoms with Gasteiger partial charge in [-0.15, -0.1) is 0 Å². The van der Waals surface area contributed by atoms with Crippen molar-refractivity contribution >= 4 is 17.2 Å². The molecule has 3 heteroatoms. The summed E-state index contributed by atoms with van der Waals surface area (Å²) in [5.74, 6) is 0.581. The van der Waals surface area contributed by atoms with Crippen molar-refractivity contribution < 1.29 is 0 Å². The van der Waals surface area contributed by atoms with Crippen molar-refractivity contribution in [3.8, 4) is 0 Å². The summed E-state index contributed by atoms with van der Waals surface area (Å²) in [6.07, 6.45) is 4.01. The molecule has 3 nitrogen and oxygen atoms in total. The zero-order valence-corrected chi connectivity index (χ0v) is 10.7. The highest BCUT2D eigenvalue weighted by Gasteiger charge is 2.11. The van der Waals surface area contributed by atoms with Crippen LogP contribution in [0.4, 0.5) is 17.2 Å². The number of aromatic nitrogens is 1. The van der Waals surface area contributed by atoms with Crippen molar-refractivity contribution in [2.75, 3.05) is 17.2 Å². The van der Waals surface area contributed by atoms with Crippen molar-refractivity contribution in [3.05, 3.63) is 48.7 Å². The van der Waals surface area contributed by atoms with Gasteiger partial charge in [0.15, 0.2) is 0 Å². The molecular formula is C15H19N3. The molecule has 0 fully saturated rings. The Labute approximate surface area is 108 Å². The number of nitrogen functional groups attached to an aromatic ring is 1. The molecule has 0 unspecified atom stereocenters. The van der Waals surface area contributed by atoms with E-state index in [1.54, 1.807) is 6.20 Å². The summed E-state index contributed by atoms with van der Waals surface area (Å²) in [6.45, 7) is 3.15. The topological polar surface area (TPSA) is 42.2 Å². The SMILES string of the molecule is CCCCN(c1ccccc1)c1cccnc1N. The number of benzene rings is 1. The van der Waals surface area contributed by atoms with Crippen molar-refractivity contribution in [2.45, 2.75) is 19.8 Å². The van der Waals surface area contributed by atoms with Crippen molar-refractivity contribution in [1.82, 2.24) is 4.98 Å². The smallest absolute Gasteiger partial charge is 0.147 e. The Bertz CT molecular complexity index is 482. The van der Waals surface area contributed by atoms with Crippen molar-refractivity contribution in [3.63, 3.8) is 0 Å². The molecule has 1 aromatic heterocycles. The average molecular weight is 241 g/mol. The van der Waals surface area contributed by atoms with E-state index in [1.165, 1.54) is 0 Å². The fraction of sp³-hybridized carbons (Fsp3) is 0.267. The molecule has 0 saturated carbocycles. The number of hydrogen-bond donors (Lipinski definition) is 1. The summed E-state index contributed by atoms with van der Waals surface area (Å²) in [7, 11) is 0. The predicted molar refractivity (Wildman–Crippen MR) is 77.0 cm³/mol. The van der Waals surface area contributed by atoms with E-state index >= 15 is 0 Å². The molecule has 0 bridgehead atoms. The van der Waals surface area contributed by atoms with Crippen LogP contribution in [-0.2, 0) is 0 Å². The summed E-state index contributed by atoms with van der Waals surface area (Å²) in [6, 6.07) is 14.2. The van der Waals surface area contributed by atoms with E-state index in [0.717, 1.165) is 30.8 Å². The molecular weight excluding hydrogens is 222 g/mol. The standard InChI is InChI=1S/C15H19N3/c1-2-3-12-18(13-8-5-4-6-9-13)14-10-7-11-17-15(14)16/h4-11H,2-3,12H2,1H3,(H2,16,17). The lowest BCUT2D eigenvalue weighted by Crippen LogP contribution is -2.19. The second-order valence-corrected chi connectivity index (χ2v) is 4.25. The largest absolute Gasteiger partial charge is 0.382 e. The number of pyridine rings is 1. The molecule has 2 rings (SSSR count). The average Bonchev–Trinajstić information content (AvgIpc) is 2.42. The first-order valence-electron chi connectivity index (χ1n) is 6.36. The van der Waals surface area contributed by atoms with E-state index < -0.39 is 0 Å². The Morgan fingerprint density at radius 1 is 1.11 bits per heavy atom. The highest BCUT2D eigenvalue weighted by molar-refractivity contribution is 5.71. The molecule has 18 heavy (non-hydrogen) atoms. The summed E-state index contributed by atoms with van der Waals surface area (Å²) in [5.41, 5.74) is 8.12. The van der Waals surface area contributed by atoms with Gasteiger partial charge < -0.3 is 10.6 Å². The van der Waals surface area contributed by atoms with Crippen molar-refractivity contribution in [2.24, 2.45) is 0 Å². The monoisotopic (exact) mass is 241 g/mol. The van der Waals surface area contributed by atoms with Gasteiger partial charge in [0, 0.05) is 18.4 Å². The first-order valence-corrected chi connectivity index (χ1v) is 6.36. The molecule has 0 spiro atoms. The summed E-state index contributed by atoms with van der Waals surface area (Å²) < 4.78 is 0. The summed E-state index contributed by atoms with van der Waals surface area (Å²) in [4.78, 5) is 6.40. The van der Waals surface area contributed by atoms with Gasteiger partial charge in [-0.05, 0) is 30.7 Å². The summed E-state index contributed by atoms with van der Waals surface area (Å²) in [5, 5.41) is 0. The minimum Gasteiger partial charge on any atom is -0.382 e. The van der Waals surface area contributed by atoms with E-state index in [-0.39, 0.29) is 0 Å². The second kappa shape index (κ2) is 6.05. The van der Waals surface area contributed by atoms with Gasteiger partial charge in [-0.25, -0.2) is 4.98 Å². The van der Waals surface area contributed by atoms with Gasteiger partial charge in [0.05, 0.1) is 5.69 Å². The molecule has 0 atom stereocenters. The maximum Gasteiger partial charge on any atom is 0.147 e. The third-order valence-electron chi connectivity index (χ3n) is 2.91.